The monoisotopic (exact) mass is 217 g/mol. The van der Waals surface area contributed by atoms with Gasteiger partial charge in [0.05, 0.1) is 5.75 Å². The van der Waals surface area contributed by atoms with Crippen molar-refractivity contribution in [3.05, 3.63) is 24.3 Å². The van der Waals surface area contributed by atoms with E-state index in [1.165, 1.54) is 6.26 Å². The highest BCUT2D eigenvalue weighted by Gasteiger charge is 1.98. The average molecular weight is 217 g/mol. The number of rotatable bonds is 7. The quantitative estimate of drug-likeness (QED) is 0.514. The third-order valence-corrected chi connectivity index (χ3v) is 2.48. The first-order valence-corrected chi connectivity index (χ1v) is 6.82. The maximum atomic E-state index is 10.7. The van der Waals surface area contributed by atoms with Gasteiger partial charge in [-0.05, 0) is 6.42 Å². The predicted octanol–water partition coefficient (Wildman–Crippen LogP) is 1.14. The van der Waals surface area contributed by atoms with E-state index >= 15 is 0 Å². The highest BCUT2D eigenvalue weighted by Crippen LogP contribution is 1.82. The summed E-state index contributed by atoms with van der Waals surface area (Å²) in [5.74, 6) is 0.200. The molecule has 3 nitrogen and oxygen atoms in total. The molecule has 0 unspecified atom stereocenters. The Morgan fingerprint density at radius 1 is 1.21 bits per heavy atom. The molecule has 0 amide bonds. The minimum atomic E-state index is -2.83. The fourth-order valence-electron chi connectivity index (χ4n) is 0.804. The minimum Gasteiger partial charge on any atom is -0.312 e. The normalized spacial score (nSPS) is 13.0. The van der Waals surface area contributed by atoms with Gasteiger partial charge in [0.15, 0.2) is 0 Å². The van der Waals surface area contributed by atoms with E-state index in [0.717, 1.165) is 6.42 Å². The summed E-state index contributed by atoms with van der Waals surface area (Å²) in [4.78, 5) is 0. The zero-order valence-electron chi connectivity index (χ0n) is 8.86. The van der Waals surface area contributed by atoms with Gasteiger partial charge in [0, 0.05) is 19.3 Å². The number of hydrogen-bond acceptors (Lipinski definition) is 3. The van der Waals surface area contributed by atoms with Crippen LogP contribution in [-0.4, -0.2) is 33.5 Å². The lowest BCUT2D eigenvalue weighted by molar-refractivity contribution is 0.598. The van der Waals surface area contributed by atoms with Crippen LogP contribution >= 0.6 is 0 Å². The molecule has 82 valence electrons. The second-order valence-corrected chi connectivity index (χ2v) is 5.36. The van der Waals surface area contributed by atoms with Crippen molar-refractivity contribution >= 4 is 9.84 Å². The molecule has 14 heavy (non-hydrogen) atoms. The van der Waals surface area contributed by atoms with Gasteiger partial charge >= 0.3 is 0 Å². The summed E-state index contributed by atoms with van der Waals surface area (Å²) in [6.07, 6.45) is 10.2. The van der Waals surface area contributed by atoms with E-state index in [2.05, 4.69) is 18.3 Å². The Kier molecular flexibility index (Phi) is 7.42. The van der Waals surface area contributed by atoms with Crippen LogP contribution in [0.3, 0.4) is 0 Å². The summed E-state index contributed by atoms with van der Waals surface area (Å²) < 4.78 is 21.5. The summed E-state index contributed by atoms with van der Waals surface area (Å²) in [6.45, 7) is 3.30. The van der Waals surface area contributed by atoms with Gasteiger partial charge in [-0.1, -0.05) is 31.2 Å². The minimum absolute atomic E-state index is 0.200. The molecule has 0 aromatic rings. The van der Waals surface area contributed by atoms with Gasteiger partial charge in [-0.2, -0.15) is 0 Å². The zero-order valence-corrected chi connectivity index (χ0v) is 9.68. The number of sulfone groups is 1. The van der Waals surface area contributed by atoms with Crippen LogP contribution in [0.5, 0.6) is 0 Å². The molecule has 4 heteroatoms. The van der Waals surface area contributed by atoms with Crippen LogP contribution in [0.2, 0.25) is 0 Å². The van der Waals surface area contributed by atoms with E-state index in [9.17, 15) is 8.42 Å². The molecule has 0 aromatic carbocycles. The first-order chi connectivity index (χ1) is 6.56. The molecule has 0 heterocycles. The van der Waals surface area contributed by atoms with Crippen LogP contribution < -0.4 is 5.32 Å². The van der Waals surface area contributed by atoms with E-state index in [1.54, 1.807) is 0 Å². The van der Waals surface area contributed by atoms with Gasteiger partial charge < -0.3 is 5.32 Å². The van der Waals surface area contributed by atoms with Gasteiger partial charge in [-0.3, -0.25) is 0 Å². The second kappa shape index (κ2) is 7.76. The number of nitrogens with one attached hydrogen (secondary N) is 1. The van der Waals surface area contributed by atoms with Gasteiger partial charge in [-0.25, -0.2) is 8.42 Å². The van der Waals surface area contributed by atoms with Crippen molar-refractivity contribution in [1.29, 1.82) is 0 Å². The van der Waals surface area contributed by atoms with E-state index in [4.69, 9.17) is 0 Å². The fourth-order valence-corrected chi connectivity index (χ4v) is 1.32. The standard InChI is InChI=1S/C10H19NO2S/c1-3-4-5-6-7-8-11-9-10-14(2,12)13/h4-7,11H,3,8-10H2,1-2H3. The molecule has 1 N–H and O–H groups in total. The van der Waals surface area contributed by atoms with Crippen molar-refractivity contribution in [1.82, 2.24) is 5.32 Å². The lowest BCUT2D eigenvalue weighted by Gasteiger charge is -1.98. The van der Waals surface area contributed by atoms with E-state index < -0.39 is 9.84 Å². The molecule has 0 radical (unpaired) electrons. The van der Waals surface area contributed by atoms with E-state index in [1.807, 2.05) is 18.2 Å². The third-order valence-electron chi connectivity index (χ3n) is 1.53. The molecule has 0 saturated heterocycles. The van der Waals surface area contributed by atoms with Crippen molar-refractivity contribution in [3.63, 3.8) is 0 Å². The Bertz CT molecular complexity index is 278. The fraction of sp³-hybridized carbons (Fsp3) is 0.600. The molecule has 0 saturated carbocycles. The lowest BCUT2D eigenvalue weighted by atomic mass is 10.4. The van der Waals surface area contributed by atoms with Crippen LogP contribution in [0, 0.1) is 0 Å². The first-order valence-electron chi connectivity index (χ1n) is 4.76. The number of hydrogen-bond donors (Lipinski definition) is 1. The molecular formula is C10H19NO2S. The van der Waals surface area contributed by atoms with Crippen LogP contribution in [0.1, 0.15) is 13.3 Å². The summed E-state index contributed by atoms with van der Waals surface area (Å²) in [6, 6.07) is 0. The maximum absolute atomic E-state index is 10.7. The van der Waals surface area contributed by atoms with Crippen LogP contribution in [0.4, 0.5) is 0 Å². The Morgan fingerprint density at radius 3 is 2.43 bits per heavy atom. The summed E-state index contributed by atoms with van der Waals surface area (Å²) >= 11 is 0. The largest absolute Gasteiger partial charge is 0.312 e. The van der Waals surface area contributed by atoms with Gasteiger partial charge in [-0.15, -0.1) is 0 Å². The van der Waals surface area contributed by atoms with Crippen molar-refractivity contribution in [2.24, 2.45) is 0 Å². The van der Waals surface area contributed by atoms with Crippen LogP contribution in [0.15, 0.2) is 24.3 Å². The average Bonchev–Trinajstić information content (AvgIpc) is 2.08. The molecule has 0 rings (SSSR count). The molecule has 0 spiro atoms. The van der Waals surface area contributed by atoms with Gasteiger partial charge in [0.1, 0.15) is 9.84 Å². The van der Waals surface area contributed by atoms with Crippen molar-refractivity contribution < 1.29 is 8.42 Å². The first kappa shape index (κ1) is 13.4. The highest BCUT2D eigenvalue weighted by molar-refractivity contribution is 7.90. The molecule has 0 aliphatic heterocycles. The van der Waals surface area contributed by atoms with E-state index in [0.29, 0.717) is 13.1 Å². The Hall–Kier alpha value is -0.610. The summed E-state index contributed by atoms with van der Waals surface area (Å²) in [5, 5.41) is 3.02. The smallest absolute Gasteiger partial charge is 0.148 e. The van der Waals surface area contributed by atoms with Crippen LogP contribution in [-0.2, 0) is 9.84 Å². The molecule has 0 aromatic heterocycles. The molecule has 0 fully saturated rings. The predicted molar refractivity (Wildman–Crippen MR) is 61.2 cm³/mol. The van der Waals surface area contributed by atoms with Crippen molar-refractivity contribution in [3.8, 4) is 0 Å². The lowest BCUT2D eigenvalue weighted by Crippen LogP contribution is -2.22. The third kappa shape index (κ3) is 11.4. The maximum Gasteiger partial charge on any atom is 0.148 e. The molecular weight excluding hydrogens is 198 g/mol. The Labute approximate surface area is 86.8 Å². The summed E-state index contributed by atoms with van der Waals surface area (Å²) in [7, 11) is -2.83. The van der Waals surface area contributed by atoms with Gasteiger partial charge in [0.25, 0.3) is 0 Å². The Morgan fingerprint density at radius 2 is 1.86 bits per heavy atom. The Balaban J connectivity index is 3.39. The molecule has 0 atom stereocenters. The second-order valence-electron chi connectivity index (χ2n) is 3.10. The molecule has 0 aliphatic rings. The molecule has 0 bridgehead atoms. The van der Waals surface area contributed by atoms with Crippen molar-refractivity contribution in [2.45, 2.75) is 13.3 Å². The summed E-state index contributed by atoms with van der Waals surface area (Å²) in [5.41, 5.74) is 0. The number of allylic oxidation sites excluding steroid dienone is 3. The zero-order chi connectivity index (χ0) is 10.9. The molecule has 0 aliphatic carbocycles. The topological polar surface area (TPSA) is 46.2 Å². The van der Waals surface area contributed by atoms with E-state index in [-0.39, 0.29) is 5.75 Å². The highest BCUT2D eigenvalue weighted by atomic mass is 32.2. The SMILES string of the molecule is CCC=CC=CCNCCS(C)(=O)=O. The van der Waals surface area contributed by atoms with Crippen LogP contribution in [0.25, 0.3) is 0 Å². The van der Waals surface area contributed by atoms with Crippen molar-refractivity contribution in [2.75, 3.05) is 25.1 Å². The van der Waals surface area contributed by atoms with Gasteiger partial charge in [0.2, 0.25) is 0 Å².